The van der Waals surface area contributed by atoms with E-state index in [-0.39, 0.29) is 0 Å². The van der Waals surface area contributed by atoms with E-state index in [9.17, 15) is 0 Å². The van der Waals surface area contributed by atoms with E-state index < -0.39 is 0 Å². The molecule has 1 aromatic rings. The van der Waals surface area contributed by atoms with Crippen molar-refractivity contribution in [3.63, 3.8) is 0 Å². The van der Waals surface area contributed by atoms with Crippen molar-refractivity contribution in [1.29, 1.82) is 0 Å². The zero-order chi connectivity index (χ0) is 13.2. The average Bonchev–Trinajstić information content (AvgIpc) is 2.40. The highest BCUT2D eigenvalue weighted by Gasteiger charge is 2.03. The first-order valence-electron chi connectivity index (χ1n) is 7.10. The minimum atomic E-state index is 0.742. The molecule has 18 heavy (non-hydrogen) atoms. The summed E-state index contributed by atoms with van der Waals surface area (Å²) < 4.78 is 0. The lowest BCUT2D eigenvalue weighted by Gasteiger charge is -2.24. The molecule has 0 aromatic heterocycles. The minimum absolute atomic E-state index is 0.742. The molecule has 0 radical (unpaired) electrons. The van der Waals surface area contributed by atoms with Gasteiger partial charge in [-0.3, -0.25) is 0 Å². The topological polar surface area (TPSA) is 41.3 Å². The number of hydrogen-bond donors (Lipinski definition) is 2. The van der Waals surface area contributed by atoms with E-state index in [0.717, 1.165) is 32.6 Å². The van der Waals surface area contributed by atoms with Gasteiger partial charge in [0.05, 0.1) is 0 Å². The van der Waals surface area contributed by atoms with Gasteiger partial charge in [-0.05, 0) is 50.1 Å². The summed E-state index contributed by atoms with van der Waals surface area (Å²) in [5.41, 5.74) is 7.98. The molecule has 0 bridgehead atoms. The smallest absolute Gasteiger partial charge is 0.0367 e. The van der Waals surface area contributed by atoms with Gasteiger partial charge in [0.1, 0.15) is 0 Å². The van der Waals surface area contributed by atoms with E-state index in [4.69, 9.17) is 5.73 Å². The van der Waals surface area contributed by atoms with Crippen LogP contribution in [0.5, 0.6) is 0 Å². The van der Waals surface area contributed by atoms with E-state index in [2.05, 4.69) is 48.3 Å². The maximum absolute atomic E-state index is 5.48. The number of benzene rings is 1. The van der Waals surface area contributed by atoms with Crippen molar-refractivity contribution in [2.75, 3.05) is 36.4 Å². The summed E-state index contributed by atoms with van der Waals surface area (Å²) in [5.74, 6) is 0. The van der Waals surface area contributed by atoms with Crippen molar-refractivity contribution in [3.05, 3.63) is 24.3 Å². The van der Waals surface area contributed by atoms with Gasteiger partial charge in [-0.1, -0.05) is 13.8 Å². The van der Waals surface area contributed by atoms with Crippen molar-refractivity contribution < 1.29 is 0 Å². The van der Waals surface area contributed by atoms with E-state index in [0.29, 0.717) is 0 Å². The Morgan fingerprint density at radius 3 is 2.17 bits per heavy atom. The normalized spacial score (nSPS) is 10.4. The summed E-state index contributed by atoms with van der Waals surface area (Å²) in [7, 11) is 0. The molecule has 0 fully saturated rings. The molecule has 3 heteroatoms. The van der Waals surface area contributed by atoms with Crippen molar-refractivity contribution in [3.8, 4) is 0 Å². The van der Waals surface area contributed by atoms with Crippen LogP contribution in [0.15, 0.2) is 24.3 Å². The van der Waals surface area contributed by atoms with Crippen LogP contribution in [0.2, 0.25) is 0 Å². The van der Waals surface area contributed by atoms with Crippen LogP contribution in [0.4, 0.5) is 11.4 Å². The molecule has 0 unspecified atom stereocenters. The molecule has 0 heterocycles. The van der Waals surface area contributed by atoms with Crippen molar-refractivity contribution in [1.82, 2.24) is 0 Å². The van der Waals surface area contributed by atoms with Gasteiger partial charge in [-0.25, -0.2) is 0 Å². The maximum Gasteiger partial charge on any atom is 0.0367 e. The van der Waals surface area contributed by atoms with Gasteiger partial charge < -0.3 is 16.0 Å². The fraction of sp³-hybridized carbons (Fsp3) is 0.600. The first kappa shape index (κ1) is 14.8. The third kappa shape index (κ3) is 4.96. The largest absolute Gasteiger partial charge is 0.385 e. The number of hydrogen-bond acceptors (Lipinski definition) is 3. The third-order valence-electron chi connectivity index (χ3n) is 2.93. The van der Waals surface area contributed by atoms with Gasteiger partial charge in [0.2, 0.25) is 0 Å². The summed E-state index contributed by atoms with van der Waals surface area (Å²) in [6.07, 6.45) is 3.40. The molecule has 3 nitrogen and oxygen atoms in total. The fourth-order valence-electron chi connectivity index (χ4n) is 2.03. The molecule has 0 aliphatic carbocycles. The van der Waals surface area contributed by atoms with Gasteiger partial charge in [-0.15, -0.1) is 0 Å². The van der Waals surface area contributed by atoms with E-state index in [1.165, 1.54) is 24.2 Å². The SMILES string of the molecule is CCCN(CCC)c1ccc(NCCCN)cc1. The fourth-order valence-corrected chi connectivity index (χ4v) is 2.03. The van der Waals surface area contributed by atoms with Crippen LogP contribution in [-0.4, -0.2) is 26.2 Å². The zero-order valence-electron chi connectivity index (χ0n) is 11.8. The van der Waals surface area contributed by atoms with Crippen LogP contribution < -0.4 is 16.0 Å². The summed E-state index contributed by atoms with van der Waals surface area (Å²) in [4.78, 5) is 2.45. The Hall–Kier alpha value is -1.22. The van der Waals surface area contributed by atoms with Crippen LogP contribution in [0.3, 0.4) is 0 Å². The van der Waals surface area contributed by atoms with Crippen LogP contribution in [-0.2, 0) is 0 Å². The molecular formula is C15H27N3. The Morgan fingerprint density at radius 2 is 1.67 bits per heavy atom. The second kappa shape index (κ2) is 8.81. The van der Waals surface area contributed by atoms with Crippen LogP contribution in [0.25, 0.3) is 0 Å². The van der Waals surface area contributed by atoms with Crippen molar-refractivity contribution in [2.45, 2.75) is 33.1 Å². The van der Waals surface area contributed by atoms with Gasteiger partial charge >= 0.3 is 0 Å². The molecule has 0 atom stereocenters. The highest BCUT2D eigenvalue weighted by molar-refractivity contribution is 5.55. The molecule has 0 spiro atoms. The Labute approximate surface area is 111 Å². The second-order valence-electron chi connectivity index (χ2n) is 4.60. The monoisotopic (exact) mass is 249 g/mol. The molecule has 0 aliphatic heterocycles. The van der Waals surface area contributed by atoms with Crippen molar-refractivity contribution in [2.24, 2.45) is 5.73 Å². The Balaban J connectivity index is 2.56. The lowest BCUT2D eigenvalue weighted by Crippen LogP contribution is -2.24. The predicted molar refractivity (Wildman–Crippen MR) is 81.4 cm³/mol. The van der Waals surface area contributed by atoms with Gasteiger partial charge in [0.15, 0.2) is 0 Å². The average molecular weight is 249 g/mol. The number of nitrogens with two attached hydrogens (primary N) is 1. The molecular weight excluding hydrogens is 222 g/mol. The predicted octanol–water partition coefficient (Wildman–Crippen LogP) is 3.07. The van der Waals surface area contributed by atoms with Gasteiger partial charge in [-0.2, -0.15) is 0 Å². The van der Waals surface area contributed by atoms with Crippen LogP contribution in [0.1, 0.15) is 33.1 Å². The number of nitrogens with one attached hydrogen (secondary N) is 1. The summed E-state index contributed by atoms with van der Waals surface area (Å²) in [5, 5.41) is 3.38. The van der Waals surface area contributed by atoms with E-state index in [1.54, 1.807) is 0 Å². The van der Waals surface area contributed by atoms with E-state index in [1.807, 2.05) is 0 Å². The third-order valence-corrected chi connectivity index (χ3v) is 2.93. The van der Waals surface area contributed by atoms with Gasteiger partial charge in [0.25, 0.3) is 0 Å². The minimum Gasteiger partial charge on any atom is -0.385 e. The van der Waals surface area contributed by atoms with Crippen LogP contribution >= 0.6 is 0 Å². The second-order valence-corrected chi connectivity index (χ2v) is 4.60. The molecule has 1 aromatic carbocycles. The zero-order valence-corrected chi connectivity index (χ0v) is 11.8. The maximum atomic E-state index is 5.48. The molecule has 1 rings (SSSR count). The summed E-state index contributed by atoms with van der Waals surface area (Å²) in [6.45, 7) is 8.41. The molecule has 0 amide bonds. The molecule has 3 N–H and O–H groups in total. The van der Waals surface area contributed by atoms with Crippen LogP contribution in [0, 0.1) is 0 Å². The number of anilines is 2. The Kier molecular flexibility index (Phi) is 7.26. The number of nitrogens with zero attached hydrogens (tertiary/aromatic N) is 1. The lowest BCUT2D eigenvalue weighted by atomic mass is 10.2. The highest BCUT2D eigenvalue weighted by atomic mass is 15.1. The highest BCUT2D eigenvalue weighted by Crippen LogP contribution is 2.18. The lowest BCUT2D eigenvalue weighted by molar-refractivity contribution is 0.745. The number of rotatable bonds is 9. The molecule has 102 valence electrons. The first-order valence-corrected chi connectivity index (χ1v) is 7.10. The molecule has 0 saturated heterocycles. The molecule has 0 aliphatic rings. The van der Waals surface area contributed by atoms with E-state index >= 15 is 0 Å². The standard InChI is InChI=1S/C15H27N3/c1-3-12-18(13-4-2)15-8-6-14(7-9-15)17-11-5-10-16/h6-9,17H,3-5,10-13,16H2,1-2H3. The Morgan fingerprint density at radius 1 is 1.06 bits per heavy atom. The van der Waals surface area contributed by atoms with Gasteiger partial charge in [0, 0.05) is 31.0 Å². The summed E-state index contributed by atoms with van der Waals surface area (Å²) >= 11 is 0. The quantitative estimate of drug-likeness (QED) is 0.661. The Bertz CT molecular complexity index is 302. The summed E-state index contributed by atoms with van der Waals surface area (Å²) in [6, 6.07) is 8.72. The first-order chi connectivity index (χ1) is 8.81. The van der Waals surface area contributed by atoms with Crippen molar-refractivity contribution >= 4 is 11.4 Å². The molecule has 0 saturated carbocycles.